The van der Waals surface area contributed by atoms with Crippen LogP contribution in [0.4, 0.5) is 0 Å². The molecule has 0 radical (unpaired) electrons. The first kappa shape index (κ1) is 20.0. The van der Waals surface area contributed by atoms with E-state index >= 15 is 0 Å². The number of nitrogens with one attached hydrogen (secondary N) is 2. The van der Waals surface area contributed by atoms with Crippen molar-refractivity contribution >= 4 is 43.4 Å². The second-order valence-corrected chi connectivity index (χ2v) is 9.62. The lowest BCUT2D eigenvalue weighted by atomic mass is 10.1. The minimum absolute atomic E-state index is 0.152. The molecule has 4 aromatic rings. The zero-order valence-corrected chi connectivity index (χ0v) is 18.1. The maximum Gasteiger partial charge on any atom is 0.240 e. The Morgan fingerprint density at radius 2 is 1.97 bits per heavy atom. The van der Waals surface area contributed by atoms with Crippen LogP contribution < -0.4 is 4.72 Å². The Bertz CT molecular complexity index is 1290. The van der Waals surface area contributed by atoms with Gasteiger partial charge in [0.15, 0.2) is 0 Å². The molecule has 1 atom stereocenters. The summed E-state index contributed by atoms with van der Waals surface area (Å²) in [6.07, 6.45) is 3.83. The number of halogens is 1. The monoisotopic (exact) mass is 430 g/mol. The van der Waals surface area contributed by atoms with Crippen LogP contribution in [0.25, 0.3) is 21.8 Å². The summed E-state index contributed by atoms with van der Waals surface area (Å²) in [5.74, 6) is 0. The van der Waals surface area contributed by atoms with Crippen molar-refractivity contribution in [2.24, 2.45) is 7.05 Å². The molecule has 0 aliphatic carbocycles. The van der Waals surface area contributed by atoms with Crippen LogP contribution in [0.5, 0.6) is 0 Å². The van der Waals surface area contributed by atoms with Gasteiger partial charge < -0.3 is 14.5 Å². The van der Waals surface area contributed by atoms with Crippen LogP contribution in [0.1, 0.15) is 11.6 Å². The number of aromatic nitrogens is 2. The molecular weight excluding hydrogens is 408 g/mol. The number of aromatic amines is 1. The lowest BCUT2D eigenvalue weighted by Crippen LogP contribution is -2.34. The number of hydrogen-bond donors (Lipinski definition) is 2. The summed E-state index contributed by atoms with van der Waals surface area (Å²) in [5, 5.41) is 2.65. The quantitative estimate of drug-likeness (QED) is 0.487. The van der Waals surface area contributed by atoms with Gasteiger partial charge in [-0.3, -0.25) is 0 Å². The van der Waals surface area contributed by atoms with Crippen molar-refractivity contribution in [3.05, 3.63) is 65.4 Å². The lowest BCUT2D eigenvalue weighted by molar-refractivity contribution is 0.301. The van der Waals surface area contributed by atoms with Crippen molar-refractivity contribution in [2.45, 2.75) is 10.9 Å². The Kier molecular flexibility index (Phi) is 5.16. The van der Waals surface area contributed by atoms with E-state index in [4.69, 9.17) is 11.6 Å². The van der Waals surface area contributed by atoms with Gasteiger partial charge in [-0.2, -0.15) is 0 Å². The summed E-state index contributed by atoms with van der Waals surface area (Å²) >= 11 is 6.21. The van der Waals surface area contributed by atoms with E-state index < -0.39 is 10.0 Å². The van der Waals surface area contributed by atoms with E-state index in [0.29, 0.717) is 5.02 Å². The standard InChI is InChI=1S/C21H23ClN4O2S/c1-25(2)21(18-13-26(3)20-7-5-15(22)10-17(18)20)12-24-29(27,28)16-6-4-14-8-9-23-19(14)11-16/h4-11,13,21,23-24H,12H2,1-3H3. The van der Waals surface area contributed by atoms with Crippen LogP contribution in [0, 0.1) is 0 Å². The molecule has 1 unspecified atom stereocenters. The number of H-pyrrole nitrogens is 1. The van der Waals surface area contributed by atoms with Gasteiger partial charge in [-0.15, -0.1) is 0 Å². The van der Waals surface area contributed by atoms with Crippen LogP contribution >= 0.6 is 11.6 Å². The molecule has 2 N–H and O–H groups in total. The molecule has 4 rings (SSSR count). The van der Waals surface area contributed by atoms with E-state index in [2.05, 4.69) is 9.71 Å². The van der Waals surface area contributed by atoms with Crippen LogP contribution in [-0.4, -0.2) is 43.5 Å². The summed E-state index contributed by atoms with van der Waals surface area (Å²) < 4.78 is 30.6. The second kappa shape index (κ2) is 7.50. The molecule has 29 heavy (non-hydrogen) atoms. The third-order valence-electron chi connectivity index (χ3n) is 5.27. The number of hydrogen-bond acceptors (Lipinski definition) is 3. The normalized spacial score (nSPS) is 13.6. The van der Waals surface area contributed by atoms with E-state index in [1.54, 1.807) is 24.4 Å². The van der Waals surface area contributed by atoms with Gasteiger partial charge in [-0.1, -0.05) is 17.7 Å². The molecule has 6 nitrogen and oxygen atoms in total. The van der Waals surface area contributed by atoms with Gasteiger partial charge in [-0.25, -0.2) is 13.1 Å². The van der Waals surface area contributed by atoms with Gasteiger partial charge in [0, 0.05) is 53.5 Å². The van der Waals surface area contributed by atoms with E-state index in [1.165, 1.54) is 0 Å². The first-order chi connectivity index (χ1) is 13.8. The van der Waals surface area contributed by atoms with Gasteiger partial charge in [0.25, 0.3) is 0 Å². The number of likely N-dealkylation sites (N-methyl/N-ethyl adjacent to an activating group) is 1. The van der Waals surface area contributed by atoms with Crippen molar-refractivity contribution in [1.82, 2.24) is 19.2 Å². The average Bonchev–Trinajstić information content (AvgIpc) is 3.25. The number of fused-ring (bicyclic) bond motifs is 2. The fraction of sp³-hybridized carbons (Fsp3) is 0.238. The topological polar surface area (TPSA) is 70.1 Å². The lowest BCUT2D eigenvalue weighted by Gasteiger charge is -2.24. The SMILES string of the molecule is CN(C)C(CNS(=O)(=O)c1ccc2cc[nH]c2c1)c1cn(C)c2ccc(Cl)cc12. The molecule has 0 amide bonds. The van der Waals surface area contributed by atoms with Crippen molar-refractivity contribution in [2.75, 3.05) is 20.6 Å². The Morgan fingerprint density at radius 1 is 1.17 bits per heavy atom. The Morgan fingerprint density at radius 3 is 2.72 bits per heavy atom. The third kappa shape index (κ3) is 3.79. The second-order valence-electron chi connectivity index (χ2n) is 7.41. The molecule has 152 valence electrons. The molecule has 2 aromatic carbocycles. The predicted molar refractivity (Wildman–Crippen MR) is 118 cm³/mol. The smallest absolute Gasteiger partial charge is 0.240 e. The molecule has 0 spiro atoms. The maximum absolute atomic E-state index is 12.9. The van der Waals surface area contributed by atoms with Crippen LogP contribution in [0.2, 0.25) is 5.02 Å². The van der Waals surface area contributed by atoms with Gasteiger partial charge in [0.1, 0.15) is 0 Å². The number of benzene rings is 2. The number of nitrogens with zero attached hydrogens (tertiary/aromatic N) is 2. The van der Waals surface area contributed by atoms with Gasteiger partial charge >= 0.3 is 0 Å². The maximum atomic E-state index is 12.9. The summed E-state index contributed by atoms with van der Waals surface area (Å²) in [6, 6.07) is 12.6. The van der Waals surface area contributed by atoms with E-state index in [9.17, 15) is 8.42 Å². The Hall–Kier alpha value is -2.32. The highest BCUT2D eigenvalue weighted by molar-refractivity contribution is 7.89. The van der Waals surface area contributed by atoms with Crippen molar-refractivity contribution in [3.8, 4) is 0 Å². The first-order valence-corrected chi connectivity index (χ1v) is 11.1. The van der Waals surface area contributed by atoms with Gasteiger partial charge in [0.2, 0.25) is 10.0 Å². The minimum Gasteiger partial charge on any atom is -0.361 e. The summed E-state index contributed by atoms with van der Waals surface area (Å²) in [6.45, 7) is 0.240. The average molecular weight is 431 g/mol. The van der Waals surface area contributed by atoms with Crippen LogP contribution in [0.15, 0.2) is 59.8 Å². The molecule has 0 fully saturated rings. The van der Waals surface area contributed by atoms with Crippen LogP contribution in [-0.2, 0) is 17.1 Å². The van der Waals surface area contributed by atoms with Crippen LogP contribution in [0.3, 0.4) is 0 Å². The summed E-state index contributed by atoms with van der Waals surface area (Å²) in [5.41, 5.74) is 2.87. The fourth-order valence-electron chi connectivity index (χ4n) is 3.70. The molecule has 0 bridgehead atoms. The highest BCUT2D eigenvalue weighted by atomic mass is 35.5. The number of rotatable bonds is 6. The molecule has 2 aromatic heterocycles. The third-order valence-corrected chi connectivity index (χ3v) is 6.92. The predicted octanol–water partition coefficient (Wildman–Crippen LogP) is 3.89. The van der Waals surface area contributed by atoms with E-state index in [1.807, 2.05) is 61.1 Å². The van der Waals surface area contributed by atoms with Crippen molar-refractivity contribution < 1.29 is 8.42 Å². The highest BCUT2D eigenvalue weighted by Gasteiger charge is 2.23. The Balaban J connectivity index is 1.65. The number of sulfonamides is 1. The molecule has 0 aliphatic heterocycles. The molecule has 0 aliphatic rings. The molecule has 2 heterocycles. The van der Waals surface area contributed by atoms with E-state index in [-0.39, 0.29) is 17.5 Å². The summed E-state index contributed by atoms with van der Waals surface area (Å²) in [7, 11) is 2.20. The Labute approximate surface area is 175 Å². The highest BCUT2D eigenvalue weighted by Crippen LogP contribution is 2.31. The largest absolute Gasteiger partial charge is 0.361 e. The van der Waals surface area contributed by atoms with E-state index in [0.717, 1.165) is 27.4 Å². The molecular formula is C21H23ClN4O2S. The first-order valence-electron chi connectivity index (χ1n) is 9.24. The fourth-order valence-corrected chi connectivity index (χ4v) is 4.93. The van der Waals surface area contributed by atoms with Gasteiger partial charge in [-0.05, 0) is 61.4 Å². The minimum atomic E-state index is -3.65. The van der Waals surface area contributed by atoms with Gasteiger partial charge in [0.05, 0.1) is 4.90 Å². The zero-order chi connectivity index (χ0) is 20.8. The summed E-state index contributed by atoms with van der Waals surface area (Å²) in [4.78, 5) is 5.30. The molecule has 0 saturated carbocycles. The molecule has 8 heteroatoms. The van der Waals surface area contributed by atoms with Crippen molar-refractivity contribution in [3.63, 3.8) is 0 Å². The number of aryl methyl sites for hydroxylation is 1. The molecule has 0 saturated heterocycles. The zero-order valence-electron chi connectivity index (χ0n) is 16.5. The van der Waals surface area contributed by atoms with Crippen molar-refractivity contribution in [1.29, 1.82) is 0 Å².